The lowest BCUT2D eigenvalue weighted by molar-refractivity contribution is 0.0695. The quantitative estimate of drug-likeness (QED) is 0.860. The molecule has 0 aromatic carbocycles. The lowest BCUT2D eigenvalue weighted by Crippen LogP contribution is -2.11. The van der Waals surface area contributed by atoms with Gasteiger partial charge in [0, 0.05) is 18.1 Å². The third-order valence-electron chi connectivity index (χ3n) is 2.52. The van der Waals surface area contributed by atoms with Crippen molar-refractivity contribution in [3.63, 3.8) is 0 Å². The Morgan fingerprint density at radius 3 is 2.83 bits per heavy atom. The minimum absolute atomic E-state index is 0.0788. The number of nitrogens with zero attached hydrogens (tertiary/aromatic N) is 4. The van der Waals surface area contributed by atoms with E-state index >= 15 is 0 Å². The van der Waals surface area contributed by atoms with E-state index in [4.69, 9.17) is 5.26 Å². The topological polar surface area (TPSA) is 91.8 Å². The third-order valence-corrected chi connectivity index (χ3v) is 2.52. The summed E-state index contributed by atoms with van der Waals surface area (Å²) >= 11 is 0. The predicted molar refractivity (Wildman–Crippen MR) is 62.5 cm³/mol. The Morgan fingerprint density at radius 2 is 2.22 bits per heavy atom. The van der Waals surface area contributed by atoms with E-state index in [2.05, 4.69) is 9.97 Å². The number of carboxylic acids is 1. The summed E-state index contributed by atoms with van der Waals surface area (Å²) in [6.45, 7) is 3.40. The summed E-state index contributed by atoms with van der Waals surface area (Å²) in [5, 5.41) is 18.2. The number of carbonyl (C=O) groups is 1. The van der Waals surface area contributed by atoms with E-state index in [1.54, 1.807) is 26.1 Å². The predicted octanol–water partition coefficient (Wildman–Crippen LogP) is 1.45. The van der Waals surface area contributed by atoms with E-state index in [1.807, 2.05) is 6.07 Å². The van der Waals surface area contributed by atoms with E-state index < -0.39 is 5.97 Å². The number of aryl methyl sites for hydroxylation is 2. The summed E-state index contributed by atoms with van der Waals surface area (Å²) in [6.07, 6.45) is 3.01. The molecule has 0 bridgehead atoms. The average Bonchev–Trinajstić information content (AvgIpc) is 2.74. The average molecular weight is 242 g/mol. The van der Waals surface area contributed by atoms with E-state index in [-0.39, 0.29) is 11.4 Å². The fourth-order valence-electron chi connectivity index (χ4n) is 1.84. The van der Waals surface area contributed by atoms with Crippen LogP contribution < -0.4 is 0 Å². The first-order valence-corrected chi connectivity index (χ1v) is 5.20. The maximum atomic E-state index is 11.3. The second-order valence-electron chi connectivity index (χ2n) is 3.78. The van der Waals surface area contributed by atoms with Crippen LogP contribution in [0.3, 0.4) is 0 Å². The Bertz CT molecular complexity index is 667. The first kappa shape index (κ1) is 11.8. The van der Waals surface area contributed by atoms with E-state index in [9.17, 15) is 9.90 Å². The van der Waals surface area contributed by atoms with Crippen molar-refractivity contribution in [2.24, 2.45) is 0 Å². The number of rotatable bonds is 2. The molecular weight excluding hydrogens is 232 g/mol. The van der Waals surface area contributed by atoms with Gasteiger partial charge in [0.25, 0.3) is 0 Å². The lowest BCUT2D eigenvalue weighted by atomic mass is 10.1. The molecule has 2 rings (SSSR count). The molecule has 0 aliphatic rings. The molecule has 2 aromatic heterocycles. The zero-order chi connectivity index (χ0) is 13.3. The van der Waals surface area contributed by atoms with Gasteiger partial charge in [-0.3, -0.25) is 9.55 Å². The normalized spacial score (nSPS) is 10.1. The summed E-state index contributed by atoms with van der Waals surface area (Å²) in [6, 6.07) is 3.54. The minimum atomic E-state index is -1.08. The molecule has 2 heterocycles. The van der Waals surface area contributed by atoms with Gasteiger partial charge >= 0.3 is 5.97 Å². The molecular formula is C12H10N4O2. The number of hydrogen-bond acceptors (Lipinski definition) is 4. The van der Waals surface area contributed by atoms with Gasteiger partial charge in [-0.15, -0.1) is 0 Å². The van der Waals surface area contributed by atoms with Crippen molar-refractivity contribution < 1.29 is 9.90 Å². The minimum Gasteiger partial charge on any atom is -0.478 e. The van der Waals surface area contributed by atoms with Crippen molar-refractivity contribution in [2.75, 3.05) is 0 Å². The number of aromatic nitrogens is 3. The van der Waals surface area contributed by atoms with Crippen LogP contribution in [0.5, 0.6) is 0 Å². The molecule has 0 saturated heterocycles. The number of imidazole rings is 1. The van der Waals surface area contributed by atoms with Gasteiger partial charge in [0.2, 0.25) is 5.82 Å². The van der Waals surface area contributed by atoms with Gasteiger partial charge in [-0.05, 0) is 19.9 Å². The van der Waals surface area contributed by atoms with Crippen LogP contribution in [0.1, 0.15) is 27.6 Å². The van der Waals surface area contributed by atoms with Crippen LogP contribution in [0.4, 0.5) is 0 Å². The molecule has 0 saturated carbocycles. The highest BCUT2D eigenvalue weighted by Crippen LogP contribution is 2.20. The van der Waals surface area contributed by atoms with Crippen molar-refractivity contribution in [3.05, 3.63) is 41.2 Å². The largest absolute Gasteiger partial charge is 0.478 e. The third kappa shape index (κ3) is 1.82. The molecule has 0 atom stereocenters. The van der Waals surface area contributed by atoms with Crippen molar-refractivity contribution in [2.45, 2.75) is 13.8 Å². The molecule has 1 N–H and O–H groups in total. The maximum absolute atomic E-state index is 11.3. The van der Waals surface area contributed by atoms with Crippen LogP contribution in [-0.4, -0.2) is 25.6 Å². The zero-order valence-corrected chi connectivity index (χ0v) is 9.88. The van der Waals surface area contributed by atoms with E-state index in [0.29, 0.717) is 17.1 Å². The van der Waals surface area contributed by atoms with Crippen molar-refractivity contribution in [3.8, 4) is 11.8 Å². The molecule has 90 valence electrons. The van der Waals surface area contributed by atoms with Crippen LogP contribution in [-0.2, 0) is 0 Å². The monoisotopic (exact) mass is 242 g/mol. The number of pyridine rings is 1. The fourth-order valence-corrected chi connectivity index (χ4v) is 1.84. The van der Waals surface area contributed by atoms with Gasteiger partial charge in [-0.2, -0.15) is 5.26 Å². The van der Waals surface area contributed by atoms with Crippen molar-refractivity contribution in [1.29, 1.82) is 5.26 Å². The SMILES string of the molecule is Cc1cc(-n2ccnc2C#N)c(C(=O)O)c(C)n1. The first-order valence-electron chi connectivity index (χ1n) is 5.20. The Morgan fingerprint density at radius 1 is 1.50 bits per heavy atom. The van der Waals surface area contributed by atoms with E-state index in [0.717, 1.165) is 0 Å². The Balaban J connectivity index is 2.79. The highest BCUT2D eigenvalue weighted by molar-refractivity contribution is 5.93. The number of aromatic carboxylic acids is 1. The molecule has 0 aliphatic carbocycles. The van der Waals surface area contributed by atoms with Gasteiger partial charge < -0.3 is 5.11 Å². The summed E-state index contributed by atoms with van der Waals surface area (Å²) in [5.41, 5.74) is 1.58. The standard InChI is InChI=1S/C12H10N4O2/c1-7-5-9(11(12(17)18)8(2)15-7)16-4-3-14-10(16)6-13/h3-5H,1-2H3,(H,17,18). The number of nitriles is 1. The molecule has 0 unspecified atom stereocenters. The van der Waals surface area contributed by atoms with Crippen molar-refractivity contribution >= 4 is 5.97 Å². The summed E-state index contributed by atoms with van der Waals surface area (Å²) < 4.78 is 1.45. The summed E-state index contributed by atoms with van der Waals surface area (Å²) in [5.74, 6) is -0.935. The molecule has 18 heavy (non-hydrogen) atoms. The first-order chi connectivity index (χ1) is 8.54. The molecule has 6 nitrogen and oxygen atoms in total. The second-order valence-corrected chi connectivity index (χ2v) is 3.78. The van der Waals surface area contributed by atoms with Crippen LogP contribution in [0.25, 0.3) is 5.69 Å². The molecule has 0 spiro atoms. The smallest absolute Gasteiger partial charge is 0.339 e. The van der Waals surface area contributed by atoms with Crippen LogP contribution in [0.15, 0.2) is 18.5 Å². The molecule has 0 radical (unpaired) electrons. The molecule has 0 amide bonds. The van der Waals surface area contributed by atoms with Gasteiger partial charge in [0.15, 0.2) is 0 Å². The summed E-state index contributed by atoms with van der Waals surface area (Å²) in [4.78, 5) is 19.3. The van der Waals surface area contributed by atoms with Crippen LogP contribution in [0, 0.1) is 25.2 Å². The second kappa shape index (κ2) is 4.30. The van der Waals surface area contributed by atoms with Crippen molar-refractivity contribution in [1.82, 2.24) is 14.5 Å². The Labute approximate surface area is 103 Å². The highest BCUT2D eigenvalue weighted by Gasteiger charge is 2.18. The number of hydrogen-bond donors (Lipinski definition) is 1. The van der Waals surface area contributed by atoms with E-state index in [1.165, 1.54) is 10.8 Å². The van der Waals surface area contributed by atoms with Gasteiger partial charge in [0.1, 0.15) is 11.6 Å². The highest BCUT2D eigenvalue weighted by atomic mass is 16.4. The van der Waals surface area contributed by atoms with Gasteiger partial charge in [-0.25, -0.2) is 9.78 Å². The lowest BCUT2D eigenvalue weighted by Gasteiger charge is -2.11. The zero-order valence-electron chi connectivity index (χ0n) is 9.88. The summed E-state index contributed by atoms with van der Waals surface area (Å²) in [7, 11) is 0. The maximum Gasteiger partial charge on any atom is 0.339 e. The van der Waals surface area contributed by atoms with Gasteiger partial charge in [0.05, 0.1) is 11.4 Å². The number of carboxylic acid groups (broad SMARTS) is 1. The van der Waals surface area contributed by atoms with Crippen LogP contribution in [0.2, 0.25) is 0 Å². The molecule has 2 aromatic rings. The molecule has 0 fully saturated rings. The molecule has 0 aliphatic heterocycles. The fraction of sp³-hybridized carbons (Fsp3) is 0.167. The van der Waals surface area contributed by atoms with Gasteiger partial charge in [-0.1, -0.05) is 0 Å². The molecule has 6 heteroatoms. The Kier molecular flexibility index (Phi) is 2.81. The Hall–Kier alpha value is -2.68. The van der Waals surface area contributed by atoms with Crippen LogP contribution >= 0.6 is 0 Å².